The minimum Gasteiger partial charge on any atom is -0.462 e. The van der Waals surface area contributed by atoms with E-state index in [2.05, 4.69) is 10.2 Å². The van der Waals surface area contributed by atoms with Crippen LogP contribution in [0.1, 0.15) is 75.5 Å². The Morgan fingerprint density at radius 1 is 0.948 bits per heavy atom. The van der Waals surface area contributed by atoms with E-state index in [4.69, 9.17) is 30.5 Å². The maximum Gasteiger partial charge on any atom is 0.510 e. The van der Waals surface area contributed by atoms with E-state index in [9.17, 15) is 59.6 Å². The molecule has 1 aromatic carbocycles. The van der Waals surface area contributed by atoms with Gasteiger partial charge < -0.3 is 18.9 Å². The first-order valence-electron chi connectivity index (χ1n) is 16.9. The molecule has 0 N–H and O–H groups in total. The first kappa shape index (κ1) is 45.2. The number of hydrogen-bond acceptors (Lipinski definition) is 11. The van der Waals surface area contributed by atoms with Crippen LogP contribution in [0.15, 0.2) is 30.6 Å². The fourth-order valence-corrected chi connectivity index (χ4v) is 5.47. The Hall–Kier alpha value is -5.46. The molecule has 58 heavy (non-hydrogen) atoms. The number of alkyl halides is 8. The molecule has 14 nitrogen and oxygen atoms in total. The first-order valence-corrected chi connectivity index (χ1v) is 17.3. The molecule has 2 heterocycles. The van der Waals surface area contributed by atoms with E-state index in [1.807, 2.05) is 6.07 Å². The second-order valence-corrected chi connectivity index (χ2v) is 15.0. The number of aryl methyl sites for hydroxylation is 1. The number of nitriles is 1. The van der Waals surface area contributed by atoms with Crippen LogP contribution >= 0.6 is 11.6 Å². The average molecular weight is 855 g/mol. The van der Waals surface area contributed by atoms with Gasteiger partial charge in [0.05, 0.1) is 34.7 Å². The number of ether oxygens (including phenoxy) is 4. The number of carbonyl (C=O) groups excluding carboxylic acids is 4. The summed E-state index contributed by atoms with van der Waals surface area (Å²) in [4.78, 5) is 51.8. The van der Waals surface area contributed by atoms with Crippen molar-refractivity contribution in [3.8, 4) is 23.0 Å². The highest BCUT2D eigenvalue weighted by molar-refractivity contribution is 6.34. The molecule has 23 heteroatoms. The van der Waals surface area contributed by atoms with Crippen LogP contribution in [0.4, 0.5) is 39.9 Å². The monoisotopic (exact) mass is 854 g/mol. The van der Waals surface area contributed by atoms with E-state index in [1.54, 1.807) is 20.8 Å². The predicted octanol–water partition coefficient (Wildman–Crippen LogP) is 7.51. The topological polar surface area (TPSA) is 168 Å². The number of amides is 1. The Morgan fingerprint density at radius 3 is 2.12 bits per heavy atom. The summed E-state index contributed by atoms with van der Waals surface area (Å²) in [5.41, 5.74) is -8.74. The molecule has 0 radical (unpaired) electrons. The molecule has 316 valence electrons. The fraction of sp³-hybridized carbons (Fsp3) is 0.514. The zero-order valence-corrected chi connectivity index (χ0v) is 32.2. The van der Waals surface area contributed by atoms with Crippen molar-refractivity contribution in [3.63, 3.8) is 0 Å². The SMILES string of the molecule is Cn1nc(C(F)(F)C(F)(F)F)c(C(F)(F)F)c1-n1cc(-c2ccc(Cl)c(C(=O)N(COC(=O)OCCOC(=O)CC(C)(C)C(=O)OC(C)(C)C)C3(C#N)CC3)c2)cn1. The van der Waals surface area contributed by atoms with Crippen molar-refractivity contribution >= 4 is 35.6 Å². The van der Waals surface area contributed by atoms with Crippen molar-refractivity contribution < 1.29 is 73.2 Å². The van der Waals surface area contributed by atoms with Gasteiger partial charge in [-0.15, -0.1) is 0 Å². The van der Waals surface area contributed by atoms with Gasteiger partial charge in [0.15, 0.2) is 18.2 Å². The molecular weight excluding hydrogens is 820 g/mol. The van der Waals surface area contributed by atoms with Gasteiger partial charge in [-0.05, 0) is 65.2 Å². The first-order chi connectivity index (χ1) is 26.5. The Balaban J connectivity index is 1.48. The number of esters is 2. The second-order valence-electron chi connectivity index (χ2n) is 14.6. The minimum absolute atomic E-state index is 0.0432. The molecule has 0 spiro atoms. The van der Waals surface area contributed by atoms with E-state index in [-0.39, 0.29) is 45.7 Å². The summed E-state index contributed by atoms with van der Waals surface area (Å²) in [6.07, 6.45) is -11.7. The number of nitrogens with zero attached hydrogens (tertiary/aromatic N) is 6. The van der Waals surface area contributed by atoms with E-state index in [1.165, 1.54) is 26.0 Å². The lowest BCUT2D eigenvalue weighted by molar-refractivity contribution is -0.292. The fourth-order valence-electron chi connectivity index (χ4n) is 5.27. The lowest BCUT2D eigenvalue weighted by Gasteiger charge is -2.27. The van der Waals surface area contributed by atoms with Crippen LogP contribution in [-0.4, -0.2) is 85.7 Å². The van der Waals surface area contributed by atoms with Crippen molar-refractivity contribution in [2.75, 3.05) is 19.9 Å². The van der Waals surface area contributed by atoms with E-state index in [0.29, 0.717) is 11.7 Å². The van der Waals surface area contributed by atoms with Crippen LogP contribution in [0.5, 0.6) is 0 Å². The van der Waals surface area contributed by atoms with Crippen molar-refractivity contribution in [2.45, 2.75) is 83.3 Å². The normalized spacial score (nSPS) is 14.3. The minimum atomic E-state index is -6.41. The third kappa shape index (κ3) is 9.97. The van der Waals surface area contributed by atoms with Gasteiger partial charge in [0.2, 0.25) is 0 Å². The van der Waals surface area contributed by atoms with E-state index < -0.39 is 95.9 Å². The molecule has 0 saturated heterocycles. The smallest absolute Gasteiger partial charge is 0.462 e. The molecule has 1 saturated carbocycles. The Morgan fingerprint density at radius 2 is 1.57 bits per heavy atom. The molecule has 0 bridgehead atoms. The molecule has 1 aliphatic carbocycles. The maximum absolute atomic E-state index is 14.2. The molecule has 0 aliphatic heterocycles. The summed E-state index contributed by atoms with van der Waals surface area (Å²) in [6.45, 7) is 6.22. The van der Waals surface area contributed by atoms with Crippen LogP contribution in [-0.2, 0) is 47.7 Å². The van der Waals surface area contributed by atoms with Crippen LogP contribution in [0.25, 0.3) is 16.9 Å². The number of halogens is 9. The molecule has 4 rings (SSSR count). The summed E-state index contributed by atoms with van der Waals surface area (Å²) >= 11 is 6.32. The Bertz CT molecular complexity index is 2110. The Kier molecular flexibility index (Phi) is 12.5. The largest absolute Gasteiger partial charge is 0.510 e. The summed E-state index contributed by atoms with van der Waals surface area (Å²) in [5.74, 6) is -9.62. The van der Waals surface area contributed by atoms with Gasteiger partial charge in [-0.3, -0.25) is 19.3 Å². The predicted molar refractivity (Wildman–Crippen MR) is 182 cm³/mol. The van der Waals surface area contributed by atoms with Crippen molar-refractivity contribution in [1.29, 1.82) is 5.26 Å². The highest BCUT2D eigenvalue weighted by Crippen LogP contribution is 2.49. The molecule has 1 aliphatic rings. The van der Waals surface area contributed by atoms with Crippen molar-refractivity contribution in [1.82, 2.24) is 24.5 Å². The molecule has 1 amide bonds. The lowest BCUT2D eigenvalue weighted by Crippen LogP contribution is -2.43. The number of carbonyl (C=O) groups is 4. The molecule has 1 fully saturated rings. The van der Waals surface area contributed by atoms with Crippen molar-refractivity contribution in [3.05, 3.63) is 52.4 Å². The summed E-state index contributed by atoms with van der Waals surface area (Å²) < 4.78 is 131. The number of benzene rings is 1. The zero-order chi connectivity index (χ0) is 43.8. The molecule has 2 aromatic heterocycles. The van der Waals surface area contributed by atoms with Crippen LogP contribution in [0, 0.1) is 16.7 Å². The number of hydrogen-bond donors (Lipinski definition) is 0. The van der Waals surface area contributed by atoms with Crippen molar-refractivity contribution in [2.24, 2.45) is 12.5 Å². The summed E-state index contributed by atoms with van der Waals surface area (Å²) in [7, 11) is 0.711. The highest BCUT2D eigenvalue weighted by atomic mass is 35.5. The third-order valence-electron chi connectivity index (χ3n) is 8.39. The highest BCUT2D eigenvalue weighted by Gasteiger charge is 2.64. The molecule has 0 unspecified atom stereocenters. The third-order valence-corrected chi connectivity index (χ3v) is 8.72. The van der Waals surface area contributed by atoms with Gasteiger partial charge >= 0.3 is 36.4 Å². The van der Waals surface area contributed by atoms with Crippen LogP contribution in [0.3, 0.4) is 0 Å². The summed E-state index contributed by atoms with van der Waals surface area (Å²) in [6, 6.07) is 5.59. The standard InChI is InChI=1S/C35H35ClF8N6O8/c1-30(2,3)58-28(53)31(4,5)14-23(51)55-11-12-56-29(54)57-18-49(32(17-45)9-10-32)27(52)21-13-19(7-8-22(21)36)20-15-46-50(16-20)26-24(34(39,40)41)25(47-48(26)6)33(37,38)35(42,43)44/h7-8,13,15-16H,9-12,14,18H2,1-6H3. The Labute approximate surface area is 329 Å². The lowest BCUT2D eigenvalue weighted by atomic mass is 9.89. The second kappa shape index (κ2) is 16.1. The van der Waals surface area contributed by atoms with Gasteiger partial charge in [-0.2, -0.15) is 50.6 Å². The maximum atomic E-state index is 14.2. The average Bonchev–Trinajstić information content (AvgIpc) is 3.56. The van der Waals surface area contributed by atoms with Crippen LogP contribution < -0.4 is 0 Å². The molecule has 0 atom stereocenters. The van der Waals surface area contributed by atoms with Gasteiger partial charge in [0.25, 0.3) is 5.91 Å². The number of rotatable bonds is 13. The van der Waals surface area contributed by atoms with E-state index in [0.717, 1.165) is 23.4 Å². The van der Waals surface area contributed by atoms with Gasteiger partial charge in [0.1, 0.15) is 29.9 Å². The zero-order valence-electron chi connectivity index (χ0n) is 31.5. The number of aromatic nitrogens is 4. The van der Waals surface area contributed by atoms with Gasteiger partial charge in [-0.25, -0.2) is 14.2 Å². The van der Waals surface area contributed by atoms with Gasteiger partial charge in [-0.1, -0.05) is 17.7 Å². The molecular formula is C35H35ClF8N6O8. The summed E-state index contributed by atoms with van der Waals surface area (Å²) in [5, 5.41) is 16.2. The van der Waals surface area contributed by atoms with E-state index >= 15 is 0 Å². The molecule has 3 aromatic rings. The van der Waals surface area contributed by atoms with Gasteiger partial charge in [0, 0.05) is 18.8 Å². The van der Waals surface area contributed by atoms with Crippen LogP contribution in [0.2, 0.25) is 5.02 Å². The quantitative estimate of drug-likeness (QED) is 0.0549.